The number of terminal acetylenes is 1. The zero-order valence-electron chi connectivity index (χ0n) is 20.3. The van der Waals surface area contributed by atoms with Crippen molar-refractivity contribution in [3.8, 4) is 12.3 Å². The zero-order chi connectivity index (χ0) is 21.2. The summed E-state index contributed by atoms with van der Waals surface area (Å²) in [5.41, 5.74) is 0.980. The Morgan fingerprint density at radius 2 is 1.55 bits per heavy atom. The van der Waals surface area contributed by atoms with E-state index in [2.05, 4.69) is 53.6 Å². The van der Waals surface area contributed by atoms with E-state index in [1.807, 2.05) is 0 Å². The molecule has 0 N–H and O–H groups in total. The third kappa shape index (κ3) is 3.38. The largest absolute Gasteiger partial charge is 0.414 e. The van der Waals surface area contributed by atoms with Crippen molar-refractivity contribution in [2.24, 2.45) is 40.4 Å². The molecular formula is C27H46OSi. The lowest BCUT2D eigenvalue weighted by Crippen LogP contribution is -2.55. The topological polar surface area (TPSA) is 9.23 Å². The predicted octanol–water partition coefficient (Wildman–Crippen LogP) is 7.67. The third-order valence-electron chi connectivity index (χ3n) is 11.1. The minimum Gasteiger partial charge on any atom is -0.414 e. The van der Waals surface area contributed by atoms with Crippen LogP contribution >= 0.6 is 0 Å². The number of hydrogen-bond acceptors (Lipinski definition) is 1. The quantitative estimate of drug-likeness (QED) is 0.333. The van der Waals surface area contributed by atoms with E-state index in [-0.39, 0.29) is 0 Å². The Kier molecular flexibility index (Phi) is 5.40. The number of fused-ring (bicyclic) bond motifs is 5. The van der Waals surface area contributed by atoms with E-state index in [1.54, 1.807) is 0 Å². The molecule has 1 unspecified atom stereocenters. The second kappa shape index (κ2) is 7.13. The van der Waals surface area contributed by atoms with Crippen LogP contribution in [-0.2, 0) is 4.43 Å². The fourth-order valence-electron chi connectivity index (χ4n) is 8.19. The molecule has 4 aliphatic carbocycles. The normalized spacial score (nSPS) is 47.7. The summed E-state index contributed by atoms with van der Waals surface area (Å²) in [6, 6.07) is 0. The molecule has 0 aromatic heterocycles. The SMILES string of the molecule is C#C[C@H]1CC[C@H]2[C@@H]3CC[C@H]4CC(O[Si](C)(C)C(C)(C)C)CC[C@]4(C)[C@H]3CC[C@]12C. The molecule has 0 amide bonds. The van der Waals surface area contributed by atoms with E-state index >= 15 is 0 Å². The molecule has 1 nitrogen and oxygen atoms in total. The molecule has 164 valence electrons. The van der Waals surface area contributed by atoms with Crippen molar-refractivity contribution in [3.63, 3.8) is 0 Å². The van der Waals surface area contributed by atoms with Gasteiger partial charge in [-0.1, -0.05) is 34.6 Å². The molecule has 0 spiro atoms. The van der Waals surface area contributed by atoms with Gasteiger partial charge in [0, 0.05) is 12.0 Å². The fraction of sp³-hybridized carbons (Fsp3) is 0.926. The first kappa shape index (κ1) is 21.9. The van der Waals surface area contributed by atoms with Gasteiger partial charge in [-0.05, 0) is 110 Å². The standard InChI is InChI=1S/C27H46OSi/c1-9-19-11-13-23-22-12-10-20-18-21(28-29(7,8)25(2,3)4)14-16-27(20,6)24(22)15-17-26(19,23)5/h1,19-24H,10-18H2,2-8H3/t19-,20-,21?,22-,23-,24-,26+,27-/m0/s1. The van der Waals surface area contributed by atoms with Crippen LogP contribution < -0.4 is 0 Å². The molecule has 0 heterocycles. The van der Waals surface area contributed by atoms with Crippen LogP contribution in [0.1, 0.15) is 92.4 Å². The Bertz CT molecular complexity index is 669. The van der Waals surface area contributed by atoms with Gasteiger partial charge < -0.3 is 4.43 Å². The highest BCUT2D eigenvalue weighted by molar-refractivity contribution is 6.74. The van der Waals surface area contributed by atoms with Crippen molar-refractivity contribution < 1.29 is 4.43 Å². The summed E-state index contributed by atoms with van der Waals surface area (Å²) in [5, 5.41) is 0.315. The van der Waals surface area contributed by atoms with Crippen molar-refractivity contribution in [3.05, 3.63) is 0 Å². The lowest BCUT2D eigenvalue weighted by Gasteiger charge is -2.61. The third-order valence-corrected chi connectivity index (χ3v) is 15.6. The Morgan fingerprint density at radius 3 is 2.21 bits per heavy atom. The Morgan fingerprint density at radius 1 is 0.897 bits per heavy atom. The second-order valence-electron chi connectivity index (χ2n) is 13.3. The van der Waals surface area contributed by atoms with Crippen LogP contribution in [0.15, 0.2) is 0 Å². The molecule has 0 aromatic carbocycles. The monoisotopic (exact) mass is 414 g/mol. The van der Waals surface area contributed by atoms with E-state index in [0.29, 0.717) is 27.9 Å². The molecule has 2 heteroatoms. The summed E-state index contributed by atoms with van der Waals surface area (Å²) < 4.78 is 6.90. The molecule has 0 aliphatic heterocycles. The zero-order valence-corrected chi connectivity index (χ0v) is 21.3. The first-order chi connectivity index (χ1) is 13.4. The maximum absolute atomic E-state index is 6.90. The van der Waals surface area contributed by atoms with Crippen LogP contribution in [0.3, 0.4) is 0 Å². The fourth-order valence-corrected chi connectivity index (χ4v) is 9.59. The van der Waals surface area contributed by atoms with Crippen LogP contribution in [-0.4, -0.2) is 14.4 Å². The minimum absolute atomic E-state index is 0.315. The van der Waals surface area contributed by atoms with E-state index in [1.165, 1.54) is 57.8 Å². The lowest BCUT2D eigenvalue weighted by atomic mass is 9.44. The van der Waals surface area contributed by atoms with Crippen molar-refractivity contribution in [1.82, 2.24) is 0 Å². The smallest absolute Gasteiger partial charge is 0.192 e. The predicted molar refractivity (Wildman–Crippen MR) is 126 cm³/mol. The number of rotatable bonds is 2. The van der Waals surface area contributed by atoms with Crippen molar-refractivity contribution >= 4 is 8.32 Å². The Labute approximate surface area is 182 Å². The highest BCUT2D eigenvalue weighted by Gasteiger charge is 2.60. The lowest BCUT2D eigenvalue weighted by molar-refractivity contribution is -0.122. The van der Waals surface area contributed by atoms with Crippen LogP contribution in [0.5, 0.6) is 0 Å². The van der Waals surface area contributed by atoms with Gasteiger partial charge in [0.1, 0.15) is 0 Å². The molecule has 4 rings (SSSR count). The molecule has 0 saturated heterocycles. The second-order valence-corrected chi connectivity index (χ2v) is 18.0. The summed E-state index contributed by atoms with van der Waals surface area (Å²) in [4.78, 5) is 0. The van der Waals surface area contributed by atoms with Gasteiger partial charge in [-0.3, -0.25) is 0 Å². The van der Waals surface area contributed by atoms with Gasteiger partial charge in [0.05, 0.1) is 0 Å². The van der Waals surface area contributed by atoms with Crippen molar-refractivity contribution in [2.45, 2.75) is 117 Å². The Hall–Kier alpha value is -0.263. The van der Waals surface area contributed by atoms with Crippen LogP contribution in [0.25, 0.3) is 0 Å². The summed E-state index contributed by atoms with van der Waals surface area (Å²) in [5.74, 6) is 7.36. The van der Waals surface area contributed by atoms with E-state index in [0.717, 1.165) is 23.7 Å². The minimum atomic E-state index is -1.67. The summed E-state index contributed by atoms with van der Waals surface area (Å²) in [7, 11) is -1.67. The molecule has 0 bridgehead atoms. The van der Waals surface area contributed by atoms with Crippen LogP contribution in [0.2, 0.25) is 18.1 Å². The Balaban J connectivity index is 1.48. The molecule has 0 aromatic rings. The first-order valence-corrected chi connectivity index (χ1v) is 15.5. The average Bonchev–Trinajstić information content (AvgIpc) is 2.97. The van der Waals surface area contributed by atoms with E-state index in [4.69, 9.17) is 10.8 Å². The van der Waals surface area contributed by atoms with Gasteiger partial charge in [0.15, 0.2) is 8.32 Å². The summed E-state index contributed by atoms with van der Waals surface area (Å²) in [6.07, 6.45) is 18.8. The highest BCUT2D eigenvalue weighted by atomic mass is 28.4. The van der Waals surface area contributed by atoms with E-state index < -0.39 is 8.32 Å². The first-order valence-electron chi connectivity index (χ1n) is 12.6. The van der Waals surface area contributed by atoms with Gasteiger partial charge >= 0.3 is 0 Å². The van der Waals surface area contributed by atoms with Gasteiger partial charge in [0.25, 0.3) is 0 Å². The molecule has 4 aliphatic rings. The molecule has 29 heavy (non-hydrogen) atoms. The molecular weight excluding hydrogens is 368 g/mol. The molecule has 8 atom stereocenters. The van der Waals surface area contributed by atoms with Crippen LogP contribution in [0.4, 0.5) is 0 Å². The van der Waals surface area contributed by atoms with Gasteiger partial charge in [0.2, 0.25) is 0 Å². The average molecular weight is 415 g/mol. The van der Waals surface area contributed by atoms with Crippen molar-refractivity contribution in [1.29, 1.82) is 0 Å². The van der Waals surface area contributed by atoms with Gasteiger partial charge in [-0.2, -0.15) is 0 Å². The van der Waals surface area contributed by atoms with Gasteiger partial charge in [-0.15, -0.1) is 12.3 Å². The van der Waals surface area contributed by atoms with Crippen molar-refractivity contribution in [2.75, 3.05) is 0 Å². The molecule has 0 radical (unpaired) electrons. The van der Waals surface area contributed by atoms with E-state index in [9.17, 15) is 0 Å². The molecule has 4 fully saturated rings. The molecule has 4 saturated carbocycles. The maximum atomic E-state index is 6.90. The number of hydrogen-bond donors (Lipinski definition) is 0. The van der Waals surface area contributed by atoms with Crippen LogP contribution in [0, 0.1) is 52.8 Å². The van der Waals surface area contributed by atoms with Gasteiger partial charge in [-0.25, -0.2) is 0 Å². The highest BCUT2D eigenvalue weighted by Crippen LogP contribution is 2.67. The summed E-state index contributed by atoms with van der Waals surface area (Å²) >= 11 is 0. The maximum Gasteiger partial charge on any atom is 0.192 e. The summed E-state index contributed by atoms with van der Waals surface area (Å²) in [6.45, 7) is 17.2.